The number of piperidine rings is 1. The van der Waals surface area contributed by atoms with Crippen molar-refractivity contribution >= 4 is 21.6 Å². The van der Waals surface area contributed by atoms with Crippen LogP contribution in [0.4, 0.5) is 5.69 Å². The molecule has 1 fully saturated rings. The van der Waals surface area contributed by atoms with Gasteiger partial charge in [0.2, 0.25) is 0 Å². The van der Waals surface area contributed by atoms with Crippen LogP contribution in [-0.4, -0.2) is 38.1 Å². The number of hydrogen-bond acceptors (Lipinski definition) is 3. The lowest BCUT2D eigenvalue weighted by Crippen LogP contribution is -2.45. The monoisotopic (exact) mass is 325 g/mol. The molecule has 1 heterocycles. The van der Waals surface area contributed by atoms with Crippen LogP contribution in [0.1, 0.15) is 31.4 Å². The summed E-state index contributed by atoms with van der Waals surface area (Å²) in [7, 11) is 4.39. The van der Waals surface area contributed by atoms with Crippen LogP contribution < -0.4 is 10.6 Å². The highest BCUT2D eigenvalue weighted by molar-refractivity contribution is 9.10. The molecule has 0 radical (unpaired) electrons. The van der Waals surface area contributed by atoms with Gasteiger partial charge in [0.25, 0.3) is 0 Å². The summed E-state index contributed by atoms with van der Waals surface area (Å²) >= 11 is 3.69. The van der Waals surface area contributed by atoms with Gasteiger partial charge < -0.3 is 15.5 Å². The Morgan fingerprint density at radius 1 is 1.47 bits per heavy atom. The molecule has 0 amide bonds. The number of hydrogen-bond donors (Lipinski definition) is 1. The smallest absolute Gasteiger partial charge is 0.0511 e. The number of nitrogens with zero attached hydrogens (tertiary/aromatic N) is 2. The Labute approximate surface area is 124 Å². The summed E-state index contributed by atoms with van der Waals surface area (Å²) in [5.41, 5.74) is 8.35. The molecule has 4 heteroatoms. The SMILES string of the molecule is C[C@@H](N)c1ccc(N(C)C2CCCN(C)C2)c(Br)c1. The predicted molar refractivity (Wildman–Crippen MR) is 85.7 cm³/mol. The summed E-state index contributed by atoms with van der Waals surface area (Å²) in [4.78, 5) is 4.81. The molecule has 2 N–H and O–H groups in total. The van der Waals surface area contributed by atoms with Crippen molar-refractivity contribution in [2.45, 2.75) is 31.8 Å². The summed E-state index contributed by atoms with van der Waals surface area (Å²) < 4.78 is 1.14. The molecule has 0 saturated carbocycles. The lowest BCUT2D eigenvalue weighted by atomic mass is 10.0. The Kier molecular flexibility index (Phi) is 4.87. The van der Waals surface area contributed by atoms with Crippen LogP contribution in [0, 0.1) is 0 Å². The molecule has 0 aromatic heterocycles. The third-order valence-corrected chi connectivity index (χ3v) is 4.66. The minimum absolute atomic E-state index is 0.0801. The molecule has 2 atom stereocenters. The van der Waals surface area contributed by atoms with Crippen LogP contribution >= 0.6 is 15.9 Å². The van der Waals surface area contributed by atoms with Gasteiger partial charge in [-0.2, -0.15) is 0 Å². The highest BCUT2D eigenvalue weighted by Gasteiger charge is 2.22. The average Bonchev–Trinajstić information content (AvgIpc) is 2.37. The van der Waals surface area contributed by atoms with E-state index in [2.05, 4.69) is 58.0 Å². The summed E-state index contributed by atoms with van der Waals surface area (Å²) in [5, 5.41) is 0. The molecular weight excluding hydrogens is 302 g/mol. The minimum Gasteiger partial charge on any atom is -0.369 e. The first-order valence-corrected chi connectivity index (χ1v) is 7.74. The Morgan fingerprint density at radius 2 is 2.21 bits per heavy atom. The average molecular weight is 326 g/mol. The fourth-order valence-corrected chi connectivity index (χ4v) is 3.42. The van der Waals surface area contributed by atoms with Crippen molar-refractivity contribution in [2.75, 3.05) is 32.1 Å². The maximum atomic E-state index is 5.93. The molecular formula is C15H24BrN3. The van der Waals surface area contributed by atoms with Crippen LogP contribution in [0.2, 0.25) is 0 Å². The van der Waals surface area contributed by atoms with Crippen molar-refractivity contribution in [2.24, 2.45) is 5.73 Å². The van der Waals surface area contributed by atoms with Crippen molar-refractivity contribution < 1.29 is 0 Å². The molecule has 3 nitrogen and oxygen atoms in total. The first-order valence-electron chi connectivity index (χ1n) is 6.95. The number of benzene rings is 1. The van der Waals surface area contributed by atoms with Gasteiger partial charge in [-0.05, 0) is 67.0 Å². The second kappa shape index (κ2) is 6.25. The zero-order valence-corrected chi connectivity index (χ0v) is 13.7. The van der Waals surface area contributed by atoms with Gasteiger partial charge in [0.05, 0.1) is 5.69 Å². The quantitative estimate of drug-likeness (QED) is 0.927. The topological polar surface area (TPSA) is 32.5 Å². The lowest BCUT2D eigenvalue weighted by molar-refractivity contribution is 0.248. The zero-order chi connectivity index (χ0) is 14.0. The van der Waals surface area contributed by atoms with E-state index in [0.717, 1.165) is 11.0 Å². The minimum atomic E-state index is 0.0801. The third-order valence-electron chi connectivity index (χ3n) is 4.02. The van der Waals surface area contributed by atoms with Gasteiger partial charge >= 0.3 is 0 Å². The van der Waals surface area contributed by atoms with Crippen LogP contribution in [-0.2, 0) is 0 Å². The van der Waals surface area contributed by atoms with Gasteiger partial charge in [-0.15, -0.1) is 0 Å². The van der Waals surface area contributed by atoms with E-state index in [1.807, 2.05) is 6.92 Å². The Balaban J connectivity index is 2.16. The van der Waals surface area contributed by atoms with E-state index in [4.69, 9.17) is 5.73 Å². The number of anilines is 1. The zero-order valence-electron chi connectivity index (χ0n) is 12.1. The van der Waals surface area contributed by atoms with Gasteiger partial charge in [-0.1, -0.05) is 6.07 Å². The summed E-state index contributed by atoms with van der Waals surface area (Å²) in [6.07, 6.45) is 2.55. The first-order chi connectivity index (χ1) is 8.99. The van der Waals surface area contributed by atoms with Crippen LogP contribution in [0.15, 0.2) is 22.7 Å². The molecule has 0 aliphatic carbocycles. The molecule has 19 heavy (non-hydrogen) atoms. The molecule has 1 aliphatic heterocycles. The number of halogens is 1. The third kappa shape index (κ3) is 3.50. The van der Waals surface area contributed by atoms with Crippen molar-refractivity contribution in [3.05, 3.63) is 28.2 Å². The maximum Gasteiger partial charge on any atom is 0.0511 e. The molecule has 1 aromatic carbocycles. The Morgan fingerprint density at radius 3 is 2.79 bits per heavy atom. The fourth-order valence-electron chi connectivity index (χ4n) is 2.74. The van der Waals surface area contributed by atoms with E-state index >= 15 is 0 Å². The van der Waals surface area contributed by atoms with E-state index < -0.39 is 0 Å². The highest BCUT2D eigenvalue weighted by atomic mass is 79.9. The molecule has 1 unspecified atom stereocenters. The normalized spacial score (nSPS) is 22.3. The van der Waals surface area contributed by atoms with Gasteiger partial charge in [-0.3, -0.25) is 0 Å². The lowest BCUT2D eigenvalue weighted by Gasteiger charge is -2.37. The van der Waals surface area contributed by atoms with Crippen molar-refractivity contribution in [3.8, 4) is 0 Å². The molecule has 106 valence electrons. The van der Waals surface area contributed by atoms with Crippen LogP contribution in [0.3, 0.4) is 0 Å². The summed E-state index contributed by atoms with van der Waals surface area (Å²) in [5.74, 6) is 0. The maximum absolute atomic E-state index is 5.93. The number of likely N-dealkylation sites (N-methyl/N-ethyl adjacent to an activating group) is 2. The largest absolute Gasteiger partial charge is 0.369 e. The second-order valence-electron chi connectivity index (χ2n) is 5.67. The highest BCUT2D eigenvalue weighted by Crippen LogP contribution is 2.31. The number of nitrogens with two attached hydrogens (primary N) is 1. The van der Waals surface area contributed by atoms with E-state index in [-0.39, 0.29) is 6.04 Å². The molecule has 1 aromatic rings. The van der Waals surface area contributed by atoms with Gasteiger partial charge in [0.1, 0.15) is 0 Å². The molecule has 0 spiro atoms. The number of likely N-dealkylation sites (tertiary alicyclic amines) is 1. The fraction of sp³-hybridized carbons (Fsp3) is 0.600. The van der Waals surface area contributed by atoms with E-state index in [0.29, 0.717) is 6.04 Å². The van der Waals surface area contributed by atoms with Crippen molar-refractivity contribution in [1.29, 1.82) is 0 Å². The van der Waals surface area contributed by atoms with Gasteiger partial charge in [0.15, 0.2) is 0 Å². The summed E-state index contributed by atoms with van der Waals surface area (Å²) in [6, 6.07) is 7.13. The van der Waals surface area contributed by atoms with Crippen molar-refractivity contribution in [1.82, 2.24) is 4.90 Å². The van der Waals surface area contributed by atoms with Crippen LogP contribution in [0.5, 0.6) is 0 Å². The van der Waals surface area contributed by atoms with Crippen LogP contribution in [0.25, 0.3) is 0 Å². The molecule has 0 bridgehead atoms. The van der Waals surface area contributed by atoms with Crippen molar-refractivity contribution in [3.63, 3.8) is 0 Å². The first kappa shape index (κ1) is 14.8. The Bertz CT molecular complexity index is 433. The van der Waals surface area contributed by atoms with E-state index in [1.165, 1.54) is 30.6 Å². The Hall–Kier alpha value is -0.580. The molecule has 1 aliphatic rings. The standard InChI is InChI=1S/C15H24BrN3/c1-11(17)12-6-7-15(14(16)9-12)19(3)13-5-4-8-18(2)10-13/h6-7,9,11,13H,4-5,8,10,17H2,1-3H3/t11-,13?/m1/s1. The summed E-state index contributed by atoms with van der Waals surface area (Å²) in [6.45, 7) is 4.37. The van der Waals surface area contributed by atoms with Gasteiger partial charge in [0, 0.05) is 30.1 Å². The number of rotatable bonds is 3. The molecule has 2 rings (SSSR count). The van der Waals surface area contributed by atoms with E-state index in [1.54, 1.807) is 0 Å². The predicted octanol–water partition coefficient (Wildman–Crippen LogP) is 3.00. The van der Waals surface area contributed by atoms with Gasteiger partial charge in [-0.25, -0.2) is 0 Å². The van der Waals surface area contributed by atoms with E-state index in [9.17, 15) is 0 Å². The second-order valence-corrected chi connectivity index (χ2v) is 6.52. The molecule has 1 saturated heterocycles.